The third-order valence-electron chi connectivity index (χ3n) is 3.75. The van der Waals surface area contributed by atoms with E-state index >= 15 is 0 Å². The molecule has 0 spiro atoms. The minimum atomic E-state index is -3.72. The van der Waals surface area contributed by atoms with Crippen molar-refractivity contribution in [3.8, 4) is 0 Å². The number of nitrogens with one attached hydrogen (secondary N) is 1. The normalized spacial score (nSPS) is 11.5. The standard InChI is InChI=1S/C18H22N2O3S/c1-13(2)15-6-3-14(4-7-15)5-12-18(21)20-16-8-10-17(11-9-16)24(19,22)23/h3-4,6-11,13H,5,12H2,1-2H3,(H,20,21)(H2,19,22,23). The van der Waals surface area contributed by atoms with Gasteiger partial charge in [0.1, 0.15) is 0 Å². The average Bonchev–Trinajstić information content (AvgIpc) is 2.53. The van der Waals surface area contributed by atoms with Gasteiger partial charge < -0.3 is 5.32 Å². The van der Waals surface area contributed by atoms with Crippen LogP contribution in [0.2, 0.25) is 0 Å². The van der Waals surface area contributed by atoms with Crippen LogP contribution < -0.4 is 10.5 Å². The summed E-state index contributed by atoms with van der Waals surface area (Å²) in [6, 6.07) is 14.1. The molecule has 24 heavy (non-hydrogen) atoms. The van der Waals surface area contributed by atoms with Crippen LogP contribution in [0.15, 0.2) is 53.4 Å². The van der Waals surface area contributed by atoms with Crippen LogP contribution in [0.25, 0.3) is 0 Å². The Bertz CT molecular complexity index is 795. The summed E-state index contributed by atoms with van der Waals surface area (Å²) in [5, 5.41) is 7.78. The smallest absolute Gasteiger partial charge is 0.238 e. The molecule has 6 heteroatoms. The lowest BCUT2D eigenvalue weighted by molar-refractivity contribution is -0.116. The molecule has 5 nitrogen and oxygen atoms in total. The molecule has 0 unspecified atom stereocenters. The topological polar surface area (TPSA) is 89.3 Å². The molecular formula is C18H22N2O3S. The predicted molar refractivity (Wildman–Crippen MR) is 95.3 cm³/mol. The van der Waals surface area contributed by atoms with Crippen LogP contribution in [-0.4, -0.2) is 14.3 Å². The van der Waals surface area contributed by atoms with Crippen molar-refractivity contribution in [2.45, 2.75) is 37.5 Å². The number of sulfonamides is 1. The first-order chi connectivity index (χ1) is 11.3. The molecule has 0 fully saturated rings. The molecule has 0 aromatic heterocycles. The zero-order valence-electron chi connectivity index (χ0n) is 13.8. The number of rotatable bonds is 6. The predicted octanol–water partition coefficient (Wildman–Crippen LogP) is 3.03. The first kappa shape index (κ1) is 18.2. The van der Waals surface area contributed by atoms with E-state index in [4.69, 9.17) is 5.14 Å². The highest BCUT2D eigenvalue weighted by Gasteiger charge is 2.08. The highest BCUT2D eigenvalue weighted by atomic mass is 32.2. The van der Waals surface area contributed by atoms with E-state index in [0.29, 0.717) is 24.4 Å². The van der Waals surface area contributed by atoms with E-state index < -0.39 is 10.0 Å². The SMILES string of the molecule is CC(C)c1ccc(CCC(=O)Nc2ccc(S(N)(=O)=O)cc2)cc1. The Kier molecular flexibility index (Phi) is 5.75. The van der Waals surface area contributed by atoms with Gasteiger partial charge in [-0.2, -0.15) is 0 Å². The molecule has 0 bridgehead atoms. The number of primary sulfonamides is 1. The van der Waals surface area contributed by atoms with Crippen molar-refractivity contribution in [1.29, 1.82) is 0 Å². The second kappa shape index (κ2) is 7.59. The van der Waals surface area contributed by atoms with Crippen LogP contribution in [0.1, 0.15) is 37.3 Å². The van der Waals surface area contributed by atoms with Gasteiger partial charge in [0, 0.05) is 12.1 Å². The molecule has 0 atom stereocenters. The van der Waals surface area contributed by atoms with Crippen LogP contribution in [-0.2, 0) is 21.2 Å². The van der Waals surface area contributed by atoms with E-state index in [1.807, 2.05) is 12.1 Å². The van der Waals surface area contributed by atoms with Gasteiger partial charge in [-0.3, -0.25) is 4.79 Å². The minimum Gasteiger partial charge on any atom is -0.326 e. The van der Waals surface area contributed by atoms with Crippen LogP contribution in [0, 0.1) is 0 Å². The lowest BCUT2D eigenvalue weighted by Gasteiger charge is -2.08. The van der Waals surface area contributed by atoms with Gasteiger partial charge in [-0.15, -0.1) is 0 Å². The van der Waals surface area contributed by atoms with E-state index in [1.54, 1.807) is 0 Å². The molecule has 0 aliphatic carbocycles. The number of anilines is 1. The number of amides is 1. The average molecular weight is 346 g/mol. The fraction of sp³-hybridized carbons (Fsp3) is 0.278. The Morgan fingerprint density at radius 3 is 2.12 bits per heavy atom. The van der Waals surface area contributed by atoms with Crippen molar-refractivity contribution in [3.05, 3.63) is 59.7 Å². The Labute approximate surface area is 142 Å². The van der Waals surface area contributed by atoms with Crippen molar-refractivity contribution in [2.75, 3.05) is 5.32 Å². The van der Waals surface area contributed by atoms with E-state index in [2.05, 4.69) is 31.3 Å². The maximum atomic E-state index is 12.0. The first-order valence-electron chi connectivity index (χ1n) is 7.77. The highest BCUT2D eigenvalue weighted by Crippen LogP contribution is 2.16. The number of hydrogen-bond acceptors (Lipinski definition) is 3. The van der Waals surface area contributed by atoms with Gasteiger partial charge in [-0.25, -0.2) is 13.6 Å². The molecular weight excluding hydrogens is 324 g/mol. The molecule has 0 saturated carbocycles. The molecule has 0 heterocycles. The first-order valence-corrected chi connectivity index (χ1v) is 9.32. The molecule has 128 valence electrons. The number of hydrogen-bond donors (Lipinski definition) is 2. The Morgan fingerprint density at radius 2 is 1.62 bits per heavy atom. The number of carbonyl (C=O) groups is 1. The zero-order valence-corrected chi connectivity index (χ0v) is 14.6. The molecule has 0 aliphatic rings. The molecule has 0 aliphatic heterocycles. The molecule has 0 saturated heterocycles. The summed E-state index contributed by atoms with van der Waals surface area (Å²) in [7, 11) is -3.72. The maximum absolute atomic E-state index is 12.0. The largest absolute Gasteiger partial charge is 0.326 e. The maximum Gasteiger partial charge on any atom is 0.238 e. The summed E-state index contributed by atoms with van der Waals surface area (Å²) in [6.45, 7) is 4.28. The van der Waals surface area contributed by atoms with E-state index in [-0.39, 0.29) is 10.8 Å². The lowest BCUT2D eigenvalue weighted by atomic mass is 10.0. The highest BCUT2D eigenvalue weighted by molar-refractivity contribution is 7.89. The van der Waals surface area contributed by atoms with Gasteiger partial charge in [0.05, 0.1) is 4.90 Å². The van der Waals surface area contributed by atoms with Crippen molar-refractivity contribution in [2.24, 2.45) is 5.14 Å². The number of benzene rings is 2. The van der Waals surface area contributed by atoms with Gasteiger partial charge in [0.25, 0.3) is 0 Å². The fourth-order valence-electron chi connectivity index (χ4n) is 2.28. The molecule has 2 aromatic carbocycles. The van der Waals surface area contributed by atoms with Gasteiger partial charge >= 0.3 is 0 Å². The number of nitrogens with two attached hydrogens (primary N) is 1. The summed E-state index contributed by atoms with van der Waals surface area (Å²) < 4.78 is 22.4. The Morgan fingerprint density at radius 1 is 1.04 bits per heavy atom. The monoisotopic (exact) mass is 346 g/mol. The summed E-state index contributed by atoms with van der Waals surface area (Å²) in [6.07, 6.45) is 1.01. The number of aryl methyl sites for hydroxylation is 1. The van der Waals surface area contributed by atoms with Crippen LogP contribution >= 0.6 is 0 Å². The molecule has 1 amide bonds. The van der Waals surface area contributed by atoms with Crippen molar-refractivity contribution < 1.29 is 13.2 Å². The second-order valence-electron chi connectivity index (χ2n) is 6.01. The molecule has 0 radical (unpaired) electrons. The zero-order chi connectivity index (χ0) is 17.7. The summed E-state index contributed by atoms with van der Waals surface area (Å²) in [5.74, 6) is 0.369. The Balaban J connectivity index is 1.89. The van der Waals surface area contributed by atoms with Gasteiger partial charge in [0.2, 0.25) is 15.9 Å². The van der Waals surface area contributed by atoms with Crippen molar-refractivity contribution in [3.63, 3.8) is 0 Å². The van der Waals surface area contributed by atoms with E-state index in [1.165, 1.54) is 29.8 Å². The van der Waals surface area contributed by atoms with Crippen molar-refractivity contribution >= 4 is 21.6 Å². The fourth-order valence-corrected chi connectivity index (χ4v) is 2.79. The summed E-state index contributed by atoms with van der Waals surface area (Å²) in [4.78, 5) is 12.0. The van der Waals surface area contributed by atoms with Crippen LogP contribution in [0.5, 0.6) is 0 Å². The number of carbonyl (C=O) groups excluding carboxylic acids is 1. The minimum absolute atomic E-state index is 0.0192. The third kappa shape index (κ3) is 5.18. The second-order valence-corrected chi connectivity index (χ2v) is 7.58. The molecule has 2 aromatic rings. The van der Waals surface area contributed by atoms with E-state index in [0.717, 1.165) is 5.56 Å². The third-order valence-corrected chi connectivity index (χ3v) is 4.68. The summed E-state index contributed by atoms with van der Waals surface area (Å²) >= 11 is 0. The van der Waals surface area contributed by atoms with Crippen molar-refractivity contribution in [1.82, 2.24) is 0 Å². The van der Waals surface area contributed by atoms with Crippen LogP contribution in [0.3, 0.4) is 0 Å². The van der Waals surface area contributed by atoms with Gasteiger partial charge in [-0.05, 0) is 47.7 Å². The molecule has 3 N–H and O–H groups in total. The van der Waals surface area contributed by atoms with Gasteiger partial charge in [0.15, 0.2) is 0 Å². The summed E-state index contributed by atoms with van der Waals surface area (Å²) in [5.41, 5.74) is 2.93. The quantitative estimate of drug-likeness (QED) is 0.842. The van der Waals surface area contributed by atoms with E-state index in [9.17, 15) is 13.2 Å². The lowest BCUT2D eigenvalue weighted by Crippen LogP contribution is -2.14. The van der Waals surface area contributed by atoms with Gasteiger partial charge in [-0.1, -0.05) is 38.1 Å². The molecule has 2 rings (SSSR count). The van der Waals surface area contributed by atoms with Crippen LogP contribution in [0.4, 0.5) is 5.69 Å². The Hall–Kier alpha value is -2.18.